The van der Waals surface area contributed by atoms with E-state index in [2.05, 4.69) is 5.32 Å². The summed E-state index contributed by atoms with van der Waals surface area (Å²) >= 11 is 5.88. The lowest BCUT2D eigenvalue weighted by atomic mass is 10.1. The number of halogens is 1. The smallest absolute Gasteiger partial charge is 0.101 e. The zero-order valence-electron chi connectivity index (χ0n) is 8.94. The largest absolute Gasteiger partial charge is 0.398 e. The van der Waals surface area contributed by atoms with E-state index in [0.717, 1.165) is 11.4 Å². The summed E-state index contributed by atoms with van der Waals surface area (Å²) in [6, 6.07) is 14.6. The van der Waals surface area contributed by atoms with E-state index in [0.29, 0.717) is 16.3 Å². The van der Waals surface area contributed by atoms with Crippen molar-refractivity contribution in [2.24, 2.45) is 0 Å². The Balaban J connectivity index is 2.28. The highest BCUT2D eigenvalue weighted by molar-refractivity contribution is 6.30. The number of nitriles is 1. The van der Waals surface area contributed by atoms with Gasteiger partial charge in [-0.1, -0.05) is 17.7 Å². The highest BCUT2D eigenvalue weighted by atomic mass is 35.5. The predicted molar refractivity (Wildman–Crippen MR) is 70.3 cm³/mol. The van der Waals surface area contributed by atoms with Gasteiger partial charge in [-0.05, 0) is 36.4 Å². The molecule has 0 amide bonds. The molecule has 0 bridgehead atoms. The molecule has 0 saturated heterocycles. The molecule has 3 nitrogen and oxygen atoms in total. The first-order valence-electron chi connectivity index (χ1n) is 5.01. The molecule has 2 aromatic rings. The van der Waals surface area contributed by atoms with Crippen LogP contribution < -0.4 is 11.1 Å². The SMILES string of the molecule is N#Cc1cc(Nc2cccc(Cl)c2)ccc1N. The Hall–Kier alpha value is -2.18. The second kappa shape index (κ2) is 4.77. The molecule has 0 atom stereocenters. The Kier molecular flexibility index (Phi) is 3.17. The van der Waals surface area contributed by atoms with Gasteiger partial charge in [-0.25, -0.2) is 0 Å². The normalized spacial score (nSPS) is 9.65. The number of anilines is 3. The summed E-state index contributed by atoms with van der Waals surface area (Å²) in [5, 5.41) is 12.7. The van der Waals surface area contributed by atoms with Gasteiger partial charge in [-0.2, -0.15) is 5.26 Å². The van der Waals surface area contributed by atoms with Crippen molar-refractivity contribution in [1.82, 2.24) is 0 Å². The van der Waals surface area contributed by atoms with Crippen LogP contribution in [0.4, 0.5) is 17.1 Å². The highest BCUT2D eigenvalue weighted by Crippen LogP contribution is 2.22. The van der Waals surface area contributed by atoms with Gasteiger partial charge in [0.1, 0.15) is 6.07 Å². The fraction of sp³-hybridized carbons (Fsp3) is 0. The molecule has 0 aliphatic rings. The molecule has 4 heteroatoms. The van der Waals surface area contributed by atoms with Crippen LogP contribution in [0.2, 0.25) is 5.02 Å². The van der Waals surface area contributed by atoms with Gasteiger partial charge in [0, 0.05) is 22.1 Å². The van der Waals surface area contributed by atoms with Gasteiger partial charge >= 0.3 is 0 Å². The lowest BCUT2D eigenvalue weighted by Gasteiger charge is -2.07. The summed E-state index contributed by atoms with van der Waals surface area (Å²) in [6.45, 7) is 0. The first kappa shape index (κ1) is 11.3. The van der Waals surface area contributed by atoms with Gasteiger partial charge in [-0.3, -0.25) is 0 Å². The maximum atomic E-state index is 8.87. The van der Waals surface area contributed by atoms with Gasteiger partial charge < -0.3 is 11.1 Å². The fourth-order valence-corrected chi connectivity index (χ4v) is 1.65. The van der Waals surface area contributed by atoms with E-state index in [9.17, 15) is 0 Å². The molecule has 0 fully saturated rings. The van der Waals surface area contributed by atoms with Gasteiger partial charge in [0.15, 0.2) is 0 Å². The third kappa shape index (κ3) is 2.68. The predicted octanol–water partition coefficient (Wildman–Crippen LogP) is 3.54. The van der Waals surface area contributed by atoms with E-state index in [-0.39, 0.29) is 0 Å². The summed E-state index contributed by atoms with van der Waals surface area (Å²) in [5.41, 5.74) is 8.25. The van der Waals surface area contributed by atoms with Crippen molar-refractivity contribution < 1.29 is 0 Å². The molecule has 0 saturated carbocycles. The number of nitrogen functional groups attached to an aromatic ring is 1. The molecule has 0 aromatic heterocycles. The van der Waals surface area contributed by atoms with Crippen LogP contribution in [0.15, 0.2) is 42.5 Å². The minimum atomic E-state index is 0.456. The maximum Gasteiger partial charge on any atom is 0.101 e. The second-order valence-corrected chi connectivity index (χ2v) is 3.99. The molecule has 0 aliphatic heterocycles. The zero-order valence-corrected chi connectivity index (χ0v) is 9.70. The standard InChI is InChI=1S/C13H10ClN3/c14-10-2-1-3-11(7-10)17-12-4-5-13(16)9(6-12)8-15/h1-7,17H,16H2. The Morgan fingerprint density at radius 3 is 2.59 bits per heavy atom. The van der Waals surface area contributed by atoms with Crippen LogP contribution in [0.1, 0.15) is 5.56 Å². The summed E-state index contributed by atoms with van der Waals surface area (Å²) in [6.07, 6.45) is 0. The summed E-state index contributed by atoms with van der Waals surface area (Å²) in [5.74, 6) is 0. The van der Waals surface area contributed by atoms with Crippen LogP contribution in [0.3, 0.4) is 0 Å². The monoisotopic (exact) mass is 243 g/mol. The third-order valence-electron chi connectivity index (χ3n) is 2.29. The molecular weight excluding hydrogens is 234 g/mol. The number of hydrogen-bond acceptors (Lipinski definition) is 3. The van der Waals surface area contributed by atoms with E-state index in [4.69, 9.17) is 22.6 Å². The van der Waals surface area contributed by atoms with Crippen molar-refractivity contribution in [2.45, 2.75) is 0 Å². The number of benzene rings is 2. The van der Waals surface area contributed by atoms with Crippen LogP contribution in [0.25, 0.3) is 0 Å². The number of rotatable bonds is 2. The van der Waals surface area contributed by atoms with Crippen LogP contribution in [0, 0.1) is 11.3 Å². The van der Waals surface area contributed by atoms with Crippen molar-refractivity contribution in [3.63, 3.8) is 0 Å². The summed E-state index contributed by atoms with van der Waals surface area (Å²) in [7, 11) is 0. The van der Waals surface area contributed by atoms with E-state index >= 15 is 0 Å². The molecule has 0 spiro atoms. The van der Waals surface area contributed by atoms with Crippen molar-refractivity contribution in [3.05, 3.63) is 53.1 Å². The number of nitrogens with two attached hydrogens (primary N) is 1. The number of hydrogen-bond donors (Lipinski definition) is 2. The third-order valence-corrected chi connectivity index (χ3v) is 2.52. The van der Waals surface area contributed by atoms with Crippen molar-refractivity contribution in [2.75, 3.05) is 11.1 Å². The van der Waals surface area contributed by atoms with Crippen LogP contribution >= 0.6 is 11.6 Å². The Morgan fingerprint density at radius 1 is 1.12 bits per heavy atom. The molecule has 0 heterocycles. The fourth-order valence-electron chi connectivity index (χ4n) is 1.46. The van der Waals surface area contributed by atoms with Gasteiger partial charge in [0.25, 0.3) is 0 Å². The Bertz CT molecular complexity index is 587. The summed E-state index contributed by atoms with van der Waals surface area (Å²) in [4.78, 5) is 0. The molecule has 2 rings (SSSR count). The van der Waals surface area contributed by atoms with Gasteiger partial charge in [-0.15, -0.1) is 0 Å². The quantitative estimate of drug-likeness (QED) is 0.793. The average Bonchev–Trinajstić information content (AvgIpc) is 2.32. The number of nitrogens with one attached hydrogen (secondary N) is 1. The van der Waals surface area contributed by atoms with Crippen molar-refractivity contribution in [3.8, 4) is 6.07 Å². The molecule has 0 radical (unpaired) electrons. The molecular formula is C13H10ClN3. The van der Waals surface area contributed by atoms with Gasteiger partial charge in [0.05, 0.1) is 5.56 Å². The molecule has 84 valence electrons. The van der Waals surface area contributed by atoms with E-state index in [1.807, 2.05) is 30.3 Å². The van der Waals surface area contributed by atoms with Gasteiger partial charge in [0.2, 0.25) is 0 Å². The first-order valence-corrected chi connectivity index (χ1v) is 5.39. The summed E-state index contributed by atoms with van der Waals surface area (Å²) < 4.78 is 0. The lowest BCUT2D eigenvalue weighted by Crippen LogP contribution is -1.94. The molecule has 2 aromatic carbocycles. The molecule has 0 aliphatic carbocycles. The Morgan fingerprint density at radius 2 is 1.88 bits per heavy atom. The zero-order chi connectivity index (χ0) is 12.3. The molecule has 3 N–H and O–H groups in total. The van der Waals surface area contributed by atoms with Crippen LogP contribution in [0.5, 0.6) is 0 Å². The minimum Gasteiger partial charge on any atom is -0.398 e. The first-order chi connectivity index (χ1) is 8.19. The average molecular weight is 244 g/mol. The van der Waals surface area contributed by atoms with Crippen molar-refractivity contribution in [1.29, 1.82) is 5.26 Å². The van der Waals surface area contributed by atoms with Crippen LogP contribution in [-0.2, 0) is 0 Å². The van der Waals surface area contributed by atoms with Crippen LogP contribution in [-0.4, -0.2) is 0 Å². The molecule has 0 unspecified atom stereocenters. The van der Waals surface area contributed by atoms with E-state index < -0.39 is 0 Å². The van der Waals surface area contributed by atoms with E-state index in [1.54, 1.807) is 18.2 Å². The number of nitrogens with zero attached hydrogens (tertiary/aromatic N) is 1. The Labute approximate surface area is 104 Å². The topological polar surface area (TPSA) is 61.8 Å². The van der Waals surface area contributed by atoms with Crippen molar-refractivity contribution >= 4 is 28.7 Å². The highest BCUT2D eigenvalue weighted by Gasteiger charge is 2.01. The molecule has 17 heavy (non-hydrogen) atoms. The second-order valence-electron chi connectivity index (χ2n) is 3.55. The maximum absolute atomic E-state index is 8.87. The minimum absolute atomic E-state index is 0.456. The van der Waals surface area contributed by atoms with E-state index in [1.165, 1.54) is 0 Å². The lowest BCUT2D eigenvalue weighted by molar-refractivity contribution is 1.47.